The molecule has 8 heteroatoms. The van der Waals surface area contributed by atoms with Crippen molar-refractivity contribution >= 4 is 40.2 Å². The van der Waals surface area contributed by atoms with Crippen molar-refractivity contribution < 1.29 is 14.1 Å². The number of amides is 1. The molecular formula is C30H37N3O3S2. The van der Waals surface area contributed by atoms with Gasteiger partial charge >= 0.3 is 0 Å². The summed E-state index contributed by atoms with van der Waals surface area (Å²) in [7, 11) is -1.21. The Morgan fingerprint density at radius 2 is 1.71 bits per heavy atom. The minimum atomic E-state index is -1.21. The van der Waals surface area contributed by atoms with Crippen molar-refractivity contribution in [2.24, 2.45) is 10.8 Å². The Kier molecular flexibility index (Phi) is 6.19. The summed E-state index contributed by atoms with van der Waals surface area (Å²) in [4.78, 5) is 16.7. The average Bonchev–Trinajstić information content (AvgIpc) is 3.59. The molecule has 202 valence electrons. The number of benzene rings is 2. The Morgan fingerprint density at radius 1 is 0.947 bits per heavy atom. The number of aliphatic hydroxyl groups is 1. The fraction of sp³-hybridized carbons (Fsp3) is 0.567. The van der Waals surface area contributed by atoms with Gasteiger partial charge in [0.2, 0.25) is 0 Å². The zero-order valence-electron chi connectivity index (χ0n) is 21.9. The van der Waals surface area contributed by atoms with Crippen LogP contribution in [-0.4, -0.2) is 51.5 Å². The van der Waals surface area contributed by atoms with Crippen molar-refractivity contribution in [3.8, 4) is 0 Å². The largest absolute Gasteiger partial charge is 0.395 e. The normalized spacial score (nSPS) is 24.6. The highest BCUT2D eigenvalue weighted by atomic mass is 32.2. The van der Waals surface area contributed by atoms with Crippen LogP contribution in [0.2, 0.25) is 0 Å². The van der Waals surface area contributed by atoms with Crippen LogP contribution in [0.15, 0.2) is 47.4 Å². The lowest BCUT2D eigenvalue weighted by atomic mass is 9.65. The number of hydrogen-bond donors (Lipinski definition) is 2. The van der Waals surface area contributed by atoms with Crippen LogP contribution in [0.1, 0.15) is 73.7 Å². The smallest absolute Gasteiger partial charge is 0.258 e. The molecule has 1 saturated heterocycles. The Labute approximate surface area is 232 Å². The van der Waals surface area contributed by atoms with Gasteiger partial charge in [-0.1, -0.05) is 24.4 Å². The topological polar surface area (TPSA) is 72.9 Å². The van der Waals surface area contributed by atoms with Crippen molar-refractivity contribution in [2.75, 3.05) is 41.6 Å². The second kappa shape index (κ2) is 9.36. The lowest BCUT2D eigenvalue weighted by Gasteiger charge is -2.54. The molecule has 2 aromatic rings. The Hall–Kier alpha value is -1.87. The third-order valence-corrected chi connectivity index (χ3v) is 12.3. The van der Waals surface area contributed by atoms with E-state index in [1.54, 1.807) is 0 Å². The zero-order valence-corrected chi connectivity index (χ0v) is 23.5. The van der Waals surface area contributed by atoms with E-state index >= 15 is 0 Å². The number of carbonyl (C=O) groups is 1. The first kappa shape index (κ1) is 25.1. The minimum Gasteiger partial charge on any atom is -0.395 e. The van der Waals surface area contributed by atoms with Crippen LogP contribution in [-0.2, 0) is 16.4 Å². The van der Waals surface area contributed by atoms with E-state index in [2.05, 4.69) is 21.2 Å². The highest BCUT2D eigenvalue weighted by molar-refractivity contribution is 8.00. The fourth-order valence-corrected chi connectivity index (χ4v) is 9.30. The fourth-order valence-electron chi connectivity index (χ4n) is 7.31. The van der Waals surface area contributed by atoms with Gasteiger partial charge in [0.05, 0.1) is 11.5 Å². The van der Waals surface area contributed by atoms with Crippen LogP contribution >= 0.6 is 11.9 Å². The molecule has 1 unspecified atom stereocenters. The van der Waals surface area contributed by atoms with Gasteiger partial charge in [0.15, 0.2) is 0 Å². The molecule has 0 radical (unpaired) electrons. The molecule has 3 saturated carbocycles. The average molecular weight is 552 g/mol. The molecule has 2 N–H and O–H groups in total. The van der Waals surface area contributed by atoms with Crippen LogP contribution in [0.25, 0.3) is 0 Å². The molecule has 0 bridgehead atoms. The number of rotatable bonds is 7. The molecule has 6 nitrogen and oxygen atoms in total. The first-order chi connectivity index (χ1) is 18.4. The lowest BCUT2D eigenvalue weighted by molar-refractivity contribution is -0.00483. The van der Waals surface area contributed by atoms with Crippen molar-refractivity contribution in [1.82, 2.24) is 4.31 Å². The van der Waals surface area contributed by atoms with E-state index in [1.165, 1.54) is 62.5 Å². The van der Waals surface area contributed by atoms with Crippen molar-refractivity contribution in [1.29, 1.82) is 0 Å². The molecule has 3 spiro atoms. The zero-order chi connectivity index (χ0) is 26.0. The predicted octanol–water partition coefficient (Wildman–Crippen LogP) is 5.50. The summed E-state index contributed by atoms with van der Waals surface area (Å²) in [5, 5.41) is 9.17. The SMILES string of the molecule is O=C(c1cccc(S(=O)N2CC3(CCC3)C2)c1)N1CC2(CCC3(CC3)CC2)c2cc(NSCCO)ccc21. The molecule has 2 heterocycles. The van der Waals surface area contributed by atoms with Gasteiger partial charge in [0.25, 0.3) is 5.91 Å². The number of anilines is 2. The van der Waals surface area contributed by atoms with Gasteiger partial charge in [-0.15, -0.1) is 0 Å². The third-order valence-electron chi connectivity index (χ3n) is 10.1. The first-order valence-electron chi connectivity index (χ1n) is 14.2. The summed E-state index contributed by atoms with van der Waals surface area (Å²) in [6, 6.07) is 13.9. The van der Waals surface area contributed by atoms with Crippen LogP contribution in [0.5, 0.6) is 0 Å². The van der Waals surface area contributed by atoms with E-state index < -0.39 is 11.0 Å². The summed E-state index contributed by atoms with van der Waals surface area (Å²) in [5.41, 5.74) is 4.92. The summed E-state index contributed by atoms with van der Waals surface area (Å²) in [5.74, 6) is 0.633. The standard InChI is InChI=1S/C30H37N3O3S2/c34-15-16-37-31-23-5-6-26-25(18-23)30(13-11-28(9-10-28)12-14-30)21-33(26)27(35)22-3-1-4-24(17-22)38(36)32-19-29(20-32)7-2-8-29/h1,3-6,17-18,31,34H,2,7-16,19-21H2. The Balaban J connectivity index is 1.14. The molecule has 1 atom stereocenters. The van der Waals surface area contributed by atoms with E-state index in [1.807, 2.05) is 35.2 Å². The molecule has 38 heavy (non-hydrogen) atoms. The van der Waals surface area contributed by atoms with Crippen LogP contribution in [0, 0.1) is 10.8 Å². The summed E-state index contributed by atoms with van der Waals surface area (Å²) >= 11 is 1.51. The monoisotopic (exact) mass is 551 g/mol. The molecule has 7 rings (SSSR count). The quantitative estimate of drug-likeness (QED) is 0.351. The number of carbonyl (C=O) groups excluding carboxylic acids is 1. The van der Waals surface area contributed by atoms with Crippen molar-refractivity contribution in [3.05, 3.63) is 53.6 Å². The maximum atomic E-state index is 14.0. The van der Waals surface area contributed by atoms with Gasteiger partial charge < -0.3 is 14.7 Å². The van der Waals surface area contributed by atoms with Gasteiger partial charge in [0, 0.05) is 47.7 Å². The minimum absolute atomic E-state index is 0.00289. The summed E-state index contributed by atoms with van der Waals surface area (Å²) in [6.45, 7) is 2.67. The maximum Gasteiger partial charge on any atom is 0.258 e. The number of nitrogens with zero attached hydrogens (tertiary/aromatic N) is 2. The number of fused-ring (bicyclic) bond motifs is 2. The Bertz CT molecular complexity index is 1270. The van der Waals surface area contributed by atoms with E-state index in [9.17, 15) is 9.00 Å². The molecule has 1 amide bonds. The molecular weight excluding hydrogens is 514 g/mol. The van der Waals surface area contributed by atoms with Gasteiger partial charge in [-0.25, -0.2) is 8.51 Å². The van der Waals surface area contributed by atoms with Gasteiger partial charge in [0.1, 0.15) is 11.0 Å². The third kappa shape index (κ3) is 4.23. The number of nitrogens with one attached hydrogen (secondary N) is 1. The molecule has 4 fully saturated rings. The molecule has 2 aromatic carbocycles. The predicted molar refractivity (Wildman–Crippen MR) is 154 cm³/mol. The van der Waals surface area contributed by atoms with Gasteiger partial charge in [-0.05, 0) is 104 Å². The van der Waals surface area contributed by atoms with Crippen molar-refractivity contribution in [2.45, 2.75) is 68.1 Å². The van der Waals surface area contributed by atoms with Crippen molar-refractivity contribution in [3.63, 3.8) is 0 Å². The molecule has 0 aromatic heterocycles. The Morgan fingerprint density at radius 3 is 2.39 bits per heavy atom. The van der Waals surface area contributed by atoms with E-state index in [4.69, 9.17) is 5.11 Å². The molecule has 3 aliphatic carbocycles. The highest BCUT2D eigenvalue weighted by Gasteiger charge is 2.54. The van der Waals surface area contributed by atoms with Crippen LogP contribution in [0.4, 0.5) is 11.4 Å². The molecule has 2 aliphatic heterocycles. The molecule has 5 aliphatic rings. The van der Waals surface area contributed by atoms with E-state index in [0.29, 0.717) is 28.7 Å². The lowest BCUT2D eigenvalue weighted by Crippen LogP contribution is -2.59. The van der Waals surface area contributed by atoms with Crippen LogP contribution in [0.3, 0.4) is 0 Å². The highest BCUT2D eigenvalue weighted by Crippen LogP contribution is 2.62. The summed E-state index contributed by atoms with van der Waals surface area (Å²) in [6.07, 6.45) is 11.3. The van der Waals surface area contributed by atoms with Gasteiger partial charge in [-0.2, -0.15) is 0 Å². The van der Waals surface area contributed by atoms with E-state index in [0.717, 1.165) is 42.2 Å². The summed E-state index contributed by atoms with van der Waals surface area (Å²) < 4.78 is 18.7. The van der Waals surface area contributed by atoms with Gasteiger partial charge in [-0.3, -0.25) is 4.79 Å². The van der Waals surface area contributed by atoms with E-state index in [-0.39, 0.29) is 17.9 Å². The first-order valence-corrected chi connectivity index (χ1v) is 16.3. The second-order valence-electron chi connectivity index (χ2n) is 12.5. The number of hydrogen-bond acceptors (Lipinski definition) is 5. The maximum absolute atomic E-state index is 14.0. The second-order valence-corrected chi connectivity index (χ2v) is 14.9. The number of aliphatic hydroxyl groups excluding tert-OH is 1. The van der Waals surface area contributed by atoms with Crippen LogP contribution < -0.4 is 9.62 Å².